The lowest BCUT2D eigenvalue weighted by Gasteiger charge is -2.12. The number of rotatable bonds is 3. The van der Waals surface area contributed by atoms with Gasteiger partial charge in [0.2, 0.25) is 0 Å². The molecule has 144 valence electrons. The highest BCUT2D eigenvalue weighted by atomic mass is 19.1. The van der Waals surface area contributed by atoms with E-state index in [-0.39, 0.29) is 5.82 Å². The molecule has 2 aromatic heterocycles. The smallest absolute Gasteiger partial charge is 0.144 e. The zero-order valence-electron chi connectivity index (χ0n) is 16.8. The van der Waals surface area contributed by atoms with Crippen LogP contribution >= 0.6 is 0 Å². The minimum atomic E-state index is -0.259. The van der Waals surface area contributed by atoms with Gasteiger partial charge in [-0.3, -0.25) is 4.98 Å². The van der Waals surface area contributed by atoms with Gasteiger partial charge in [-0.15, -0.1) is 0 Å². The van der Waals surface area contributed by atoms with Crippen LogP contribution in [0.25, 0.3) is 44.0 Å². The third-order valence-electron chi connectivity index (χ3n) is 5.34. The summed E-state index contributed by atoms with van der Waals surface area (Å²) in [5, 5.41) is 3.96. The zero-order valence-corrected chi connectivity index (χ0v) is 16.8. The average Bonchev–Trinajstić information content (AvgIpc) is 3.05. The molecule has 0 bridgehead atoms. The first-order valence-corrected chi connectivity index (χ1v) is 10.0. The lowest BCUT2D eigenvalue weighted by atomic mass is 9.97. The number of aromatic nitrogens is 1. The molecule has 0 unspecified atom stereocenters. The minimum absolute atomic E-state index is 0.259. The largest absolute Gasteiger partial charge is 0.455 e. The molecule has 0 aliphatic carbocycles. The average molecular weight is 383 g/mol. The van der Waals surface area contributed by atoms with Crippen LogP contribution in [-0.4, -0.2) is 4.98 Å². The fraction of sp³-hybridized carbons (Fsp3) is 0.192. The van der Waals surface area contributed by atoms with Crippen LogP contribution in [-0.2, 0) is 6.42 Å². The second kappa shape index (κ2) is 6.70. The Kier molecular flexibility index (Phi) is 4.13. The van der Waals surface area contributed by atoms with Gasteiger partial charge in [0, 0.05) is 27.4 Å². The van der Waals surface area contributed by atoms with Crippen molar-refractivity contribution in [2.75, 3.05) is 0 Å². The maximum absolute atomic E-state index is 14.2. The van der Waals surface area contributed by atoms with Crippen molar-refractivity contribution >= 4 is 32.7 Å². The highest BCUT2D eigenvalue weighted by Crippen LogP contribution is 2.39. The molecule has 0 N–H and O–H groups in total. The predicted octanol–water partition coefficient (Wildman–Crippen LogP) is 7.45. The van der Waals surface area contributed by atoms with Gasteiger partial charge in [0.1, 0.15) is 17.0 Å². The maximum atomic E-state index is 14.2. The number of nitrogens with zero attached hydrogens (tertiary/aromatic N) is 1. The van der Waals surface area contributed by atoms with Gasteiger partial charge < -0.3 is 4.42 Å². The molecule has 0 aliphatic rings. The van der Waals surface area contributed by atoms with Gasteiger partial charge in [0.25, 0.3) is 0 Å². The summed E-state index contributed by atoms with van der Waals surface area (Å²) < 4.78 is 20.4. The van der Waals surface area contributed by atoms with E-state index in [0.717, 1.165) is 61.6 Å². The van der Waals surface area contributed by atoms with Crippen molar-refractivity contribution in [2.45, 2.75) is 27.2 Å². The van der Waals surface area contributed by atoms with E-state index in [1.165, 1.54) is 6.07 Å². The summed E-state index contributed by atoms with van der Waals surface area (Å²) in [5.41, 5.74) is 5.49. The second-order valence-corrected chi connectivity index (χ2v) is 8.21. The SMILES string of the molecule is Cc1cc(-c2nc(CC(C)C)cc3ccc(F)cc23)c2oc3ccccc3c2c1. The van der Waals surface area contributed by atoms with Crippen molar-refractivity contribution in [3.8, 4) is 11.3 Å². The number of hydrogen-bond acceptors (Lipinski definition) is 2. The van der Waals surface area contributed by atoms with Crippen LogP contribution in [0.3, 0.4) is 0 Å². The summed E-state index contributed by atoms with van der Waals surface area (Å²) in [6.45, 7) is 6.44. The molecule has 0 saturated heterocycles. The number of fused-ring (bicyclic) bond motifs is 4. The highest BCUT2D eigenvalue weighted by molar-refractivity contribution is 6.11. The Balaban J connectivity index is 1.89. The summed E-state index contributed by atoms with van der Waals surface area (Å²) in [6.07, 6.45) is 0.870. The summed E-state index contributed by atoms with van der Waals surface area (Å²) >= 11 is 0. The van der Waals surface area contributed by atoms with Gasteiger partial charge in [-0.1, -0.05) is 38.1 Å². The first-order chi connectivity index (χ1) is 14.0. The summed E-state index contributed by atoms with van der Waals surface area (Å²) in [7, 11) is 0. The number of hydrogen-bond donors (Lipinski definition) is 0. The number of halogens is 1. The van der Waals surface area contributed by atoms with E-state index in [9.17, 15) is 4.39 Å². The van der Waals surface area contributed by atoms with E-state index in [1.54, 1.807) is 6.07 Å². The fourth-order valence-corrected chi connectivity index (χ4v) is 4.15. The number of pyridine rings is 1. The molecular formula is C26H22FNO. The van der Waals surface area contributed by atoms with Crippen LogP contribution in [0.4, 0.5) is 4.39 Å². The van der Waals surface area contributed by atoms with Crippen LogP contribution in [0.15, 0.2) is 65.1 Å². The Hall–Kier alpha value is -3.20. The maximum Gasteiger partial charge on any atom is 0.144 e. The Morgan fingerprint density at radius 1 is 0.931 bits per heavy atom. The Morgan fingerprint density at radius 3 is 2.59 bits per heavy atom. The fourth-order valence-electron chi connectivity index (χ4n) is 4.15. The van der Waals surface area contributed by atoms with Crippen molar-refractivity contribution in [2.24, 2.45) is 5.92 Å². The third kappa shape index (κ3) is 3.07. The molecule has 0 amide bonds. The molecule has 5 rings (SSSR count). The van der Waals surface area contributed by atoms with Gasteiger partial charge in [0.15, 0.2) is 0 Å². The Morgan fingerprint density at radius 2 is 1.76 bits per heavy atom. The van der Waals surface area contributed by atoms with E-state index in [0.29, 0.717) is 5.92 Å². The quantitative estimate of drug-likeness (QED) is 0.323. The molecular weight excluding hydrogens is 361 g/mol. The summed E-state index contributed by atoms with van der Waals surface area (Å²) in [5.74, 6) is 0.225. The molecule has 3 aromatic carbocycles. The van der Waals surface area contributed by atoms with Crippen molar-refractivity contribution < 1.29 is 8.81 Å². The lowest BCUT2D eigenvalue weighted by molar-refractivity contribution is 0.629. The molecule has 0 radical (unpaired) electrons. The van der Waals surface area contributed by atoms with Gasteiger partial charge in [-0.2, -0.15) is 0 Å². The number of para-hydroxylation sites is 1. The molecule has 29 heavy (non-hydrogen) atoms. The monoisotopic (exact) mass is 383 g/mol. The van der Waals surface area contributed by atoms with Crippen LogP contribution in [0.5, 0.6) is 0 Å². The van der Waals surface area contributed by atoms with Crippen LogP contribution in [0, 0.1) is 18.7 Å². The second-order valence-electron chi connectivity index (χ2n) is 8.21. The normalized spacial score (nSPS) is 11.9. The number of benzene rings is 3. The molecule has 5 aromatic rings. The lowest BCUT2D eigenvalue weighted by Crippen LogP contribution is -2.00. The van der Waals surface area contributed by atoms with E-state index in [2.05, 4.69) is 45.0 Å². The number of furan rings is 1. The Labute approximate surface area is 169 Å². The molecule has 0 aliphatic heterocycles. The van der Waals surface area contributed by atoms with Crippen molar-refractivity contribution in [3.05, 3.63) is 77.7 Å². The molecule has 2 nitrogen and oxygen atoms in total. The van der Waals surface area contributed by atoms with Gasteiger partial charge in [-0.05, 0) is 66.6 Å². The predicted molar refractivity (Wildman–Crippen MR) is 118 cm³/mol. The standard InChI is InChI=1S/C26H22FNO/c1-15(2)10-19-13-17-8-9-18(27)14-21(17)25(28-19)23-12-16(3)11-22-20-6-4-5-7-24(20)29-26(22)23/h4-9,11-15H,10H2,1-3H3. The molecule has 2 heterocycles. The van der Waals surface area contributed by atoms with E-state index in [4.69, 9.17) is 9.40 Å². The third-order valence-corrected chi connectivity index (χ3v) is 5.34. The minimum Gasteiger partial charge on any atom is -0.455 e. The topological polar surface area (TPSA) is 26.0 Å². The molecule has 0 saturated carbocycles. The first kappa shape index (κ1) is 17.9. The molecule has 0 spiro atoms. The van der Waals surface area contributed by atoms with Gasteiger partial charge >= 0.3 is 0 Å². The van der Waals surface area contributed by atoms with Gasteiger partial charge in [0.05, 0.1) is 5.69 Å². The zero-order chi connectivity index (χ0) is 20.1. The van der Waals surface area contributed by atoms with Gasteiger partial charge in [-0.25, -0.2) is 4.39 Å². The molecule has 3 heteroatoms. The Bertz CT molecular complexity index is 1380. The van der Waals surface area contributed by atoms with E-state index in [1.807, 2.05) is 24.3 Å². The van der Waals surface area contributed by atoms with Crippen molar-refractivity contribution in [1.82, 2.24) is 4.98 Å². The summed E-state index contributed by atoms with van der Waals surface area (Å²) in [6, 6.07) is 19.3. The van der Waals surface area contributed by atoms with Crippen LogP contribution in [0.1, 0.15) is 25.1 Å². The van der Waals surface area contributed by atoms with Crippen LogP contribution < -0.4 is 0 Å². The van der Waals surface area contributed by atoms with Crippen molar-refractivity contribution in [1.29, 1.82) is 0 Å². The highest BCUT2D eigenvalue weighted by Gasteiger charge is 2.17. The molecule has 0 atom stereocenters. The van der Waals surface area contributed by atoms with Crippen LogP contribution in [0.2, 0.25) is 0 Å². The van der Waals surface area contributed by atoms with Crippen molar-refractivity contribution in [3.63, 3.8) is 0 Å². The van der Waals surface area contributed by atoms with E-state index < -0.39 is 0 Å². The summed E-state index contributed by atoms with van der Waals surface area (Å²) in [4.78, 5) is 4.99. The number of aryl methyl sites for hydroxylation is 1. The van der Waals surface area contributed by atoms with E-state index >= 15 is 0 Å². The molecule has 0 fully saturated rings. The first-order valence-electron chi connectivity index (χ1n) is 10.0.